The number of fused-ring (bicyclic) bond motifs is 5. The van der Waals surface area contributed by atoms with Crippen LogP contribution in [0.15, 0.2) is 0 Å². The maximum atomic E-state index is 3.96. The van der Waals surface area contributed by atoms with Gasteiger partial charge in [0.2, 0.25) is 0 Å². The summed E-state index contributed by atoms with van der Waals surface area (Å²) in [6.07, 6.45) is 13.6. The Morgan fingerprint density at radius 1 is 1.00 bits per heavy atom. The minimum Gasteiger partial charge on any atom is -0.314 e. The molecule has 4 aliphatic rings. The molecule has 5 atom stereocenters. The van der Waals surface area contributed by atoms with Crippen molar-refractivity contribution in [3.8, 4) is 0 Å². The first-order chi connectivity index (χ1) is 9.38. The zero-order valence-electron chi connectivity index (χ0n) is 12.6. The third-order valence-corrected chi connectivity index (χ3v) is 6.98. The molecule has 19 heavy (non-hydrogen) atoms. The molecule has 4 aliphatic carbocycles. The lowest BCUT2D eigenvalue weighted by atomic mass is 9.90. The van der Waals surface area contributed by atoms with Gasteiger partial charge in [-0.05, 0) is 74.2 Å². The van der Waals surface area contributed by atoms with E-state index in [2.05, 4.69) is 12.2 Å². The van der Waals surface area contributed by atoms with E-state index in [9.17, 15) is 0 Å². The molecule has 0 radical (unpaired) electrons. The van der Waals surface area contributed by atoms with Crippen molar-refractivity contribution in [2.24, 2.45) is 35.5 Å². The second-order valence-electron chi connectivity index (χ2n) is 8.01. The Bertz CT molecular complexity index is 304. The van der Waals surface area contributed by atoms with Crippen molar-refractivity contribution in [2.75, 3.05) is 6.54 Å². The average molecular weight is 261 g/mol. The van der Waals surface area contributed by atoms with E-state index >= 15 is 0 Å². The largest absolute Gasteiger partial charge is 0.314 e. The molecule has 4 fully saturated rings. The van der Waals surface area contributed by atoms with Gasteiger partial charge in [-0.1, -0.05) is 32.6 Å². The summed E-state index contributed by atoms with van der Waals surface area (Å²) in [4.78, 5) is 0. The van der Waals surface area contributed by atoms with Gasteiger partial charge in [-0.25, -0.2) is 0 Å². The van der Waals surface area contributed by atoms with Gasteiger partial charge in [-0.2, -0.15) is 0 Å². The van der Waals surface area contributed by atoms with E-state index in [1.165, 1.54) is 45.1 Å². The molecule has 0 aliphatic heterocycles. The van der Waals surface area contributed by atoms with E-state index in [-0.39, 0.29) is 0 Å². The Hall–Kier alpha value is -0.0400. The molecule has 0 aromatic heterocycles. The zero-order valence-corrected chi connectivity index (χ0v) is 12.6. The van der Waals surface area contributed by atoms with Gasteiger partial charge in [0.1, 0.15) is 0 Å². The van der Waals surface area contributed by atoms with E-state index in [1.807, 2.05) is 0 Å². The topological polar surface area (TPSA) is 12.0 Å². The molecule has 1 N–H and O–H groups in total. The highest BCUT2D eigenvalue weighted by atomic mass is 14.9. The lowest BCUT2D eigenvalue weighted by Gasteiger charge is -2.24. The molecule has 0 aromatic rings. The summed E-state index contributed by atoms with van der Waals surface area (Å²) in [7, 11) is 0. The number of hydrogen-bond acceptors (Lipinski definition) is 1. The van der Waals surface area contributed by atoms with Crippen LogP contribution in [0.5, 0.6) is 0 Å². The van der Waals surface area contributed by atoms with Gasteiger partial charge >= 0.3 is 0 Å². The van der Waals surface area contributed by atoms with Gasteiger partial charge in [0, 0.05) is 6.04 Å². The first-order valence-electron chi connectivity index (χ1n) is 9.12. The minimum atomic E-state index is 0.890. The Morgan fingerprint density at radius 3 is 2.32 bits per heavy atom. The van der Waals surface area contributed by atoms with E-state index in [0.717, 1.165) is 41.5 Å². The van der Waals surface area contributed by atoms with Crippen LogP contribution in [0.2, 0.25) is 0 Å². The molecule has 4 saturated carbocycles. The normalized spacial score (nSPS) is 45.6. The summed E-state index contributed by atoms with van der Waals surface area (Å²) in [6.45, 7) is 3.57. The lowest BCUT2D eigenvalue weighted by molar-refractivity contribution is 0.307. The molecule has 5 unspecified atom stereocenters. The zero-order chi connectivity index (χ0) is 12.8. The Balaban J connectivity index is 1.39. The molecule has 1 heteroatoms. The summed E-state index contributed by atoms with van der Waals surface area (Å²) in [5.41, 5.74) is 0. The maximum absolute atomic E-state index is 3.96. The van der Waals surface area contributed by atoms with Crippen LogP contribution in [0.1, 0.15) is 64.7 Å². The fraction of sp³-hybridized carbons (Fsp3) is 1.00. The molecular formula is C18H31N. The van der Waals surface area contributed by atoms with Crippen molar-refractivity contribution in [1.29, 1.82) is 0 Å². The Morgan fingerprint density at radius 2 is 1.68 bits per heavy atom. The summed E-state index contributed by atoms with van der Waals surface area (Å²) >= 11 is 0. The molecule has 0 aromatic carbocycles. The van der Waals surface area contributed by atoms with Crippen LogP contribution in [0.4, 0.5) is 0 Å². The highest BCUT2D eigenvalue weighted by Gasteiger charge is 2.66. The molecule has 0 spiro atoms. The summed E-state index contributed by atoms with van der Waals surface area (Å²) in [5, 5.41) is 3.96. The van der Waals surface area contributed by atoms with Crippen molar-refractivity contribution in [2.45, 2.75) is 70.8 Å². The van der Waals surface area contributed by atoms with Gasteiger partial charge in [0.05, 0.1) is 0 Å². The Labute approximate surface area is 118 Å². The van der Waals surface area contributed by atoms with Crippen molar-refractivity contribution >= 4 is 0 Å². The standard InChI is InChI=1S/C18H31N/c1-2-9-19-15(10-12-5-3-4-6-12)18-16-13-7-8-14(11-13)17(16)18/h12-19H,2-11H2,1H3. The maximum Gasteiger partial charge on any atom is 0.0104 e. The summed E-state index contributed by atoms with van der Waals surface area (Å²) < 4.78 is 0. The molecule has 4 rings (SSSR count). The number of nitrogens with one attached hydrogen (secondary N) is 1. The SMILES string of the molecule is CCCNC(CC1CCCC1)C1C2C3CCC(C3)C21. The van der Waals surface area contributed by atoms with Gasteiger partial charge < -0.3 is 5.32 Å². The monoisotopic (exact) mass is 261 g/mol. The van der Waals surface area contributed by atoms with E-state index in [0.29, 0.717) is 0 Å². The fourth-order valence-corrected chi connectivity index (χ4v) is 6.24. The molecule has 1 nitrogen and oxygen atoms in total. The second kappa shape index (κ2) is 5.06. The van der Waals surface area contributed by atoms with Crippen LogP contribution < -0.4 is 5.32 Å². The van der Waals surface area contributed by atoms with E-state index in [4.69, 9.17) is 0 Å². The Kier molecular flexibility index (Phi) is 3.38. The molecule has 0 heterocycles. The molecule has 108 valence electrons. The summed E-state index contributed by atoms with van der Waals surface area (Å²) in [6, 6.07) is 0.890. The van der Waals surface area contributed by atoms with Gasteiger partial charge in [0.25, 0.3) is 0 Å². The van der Waals surface area contributed by atoms with Gasteiger partial charge in [0.15, 0.2) is 0 Å². The highest BCUT2D eigenvalue weighted by molar-refractivity contribution is 5.15. The predicted molar refractivity (Wildman–Crippen MR) is 80.0 cm³/mol. The van der Waals surface area contributed by atoms with Crippen LogP contribution in [-0.2, 0) is 0 Å². The summed E-state index contributed by atoms with van der Waals surface area (Å²) in [5.74, 6) is 6.78. The van der Waals surface area contributed by atoms with Crippen molar-refractivity contribution < 1.29 is 0 Å². The highest BCUT2D eigenvalue weighted by Crippen LogP contribution is 2.70. The van der Waals surface area contributed by atoms with Crippen LogP contribution in [0, 0.1) is 35.5 Å². The molecule has 0 saturated heterocycles. The van der Waals surface area contributed by atoms with Crippen molar-refractivity contribution in [3.63, 3.8) is 0 Å². The fourth-order valence-electron chi connectivity index (χ4n) is 6.24. The first-order valence-corrected chi connectivity index (χ1v) is 9.12. The van der Waals surface area contributed by atoms with Crippen LogP contribution in [0.3, 0.4) is 0 Å². The van der Waals surface area contributed by atoms with Gasteiger partial charge in [-0.3, -0.25) is 0 Å². The number of rotatable bonds is 6. The first kappa shape index (κ1) is 12.7. The quantitative estimate of drug-likeness (QED) is 0.754. The molecule has 2 bridgehead atoms. The predicted octanol–water partition coefficient (Wildman–Crippen LogP) is 4.23. The van der Waals surface area contributed by atoms with Crippen molar-refractivity contribution in [1.82, 2.24) is 5.32 Å². The third kappa shape index (κ3) is 2.17. The third-order valence-electron chi connectivity index (χ3n) is 6.98. The second-order valence-corrected chi connectivity index (χ2v) is 8.01. The lowest BCUT2D eigenvalue weighted by Crippen LogP contribution is -2.35. The average Bonchev–Trinajstić information content (AvgIpc) is 2.83. The van der Waals surface area contributed by atoms with Gasteiger partial charge in [-0.15, -0.1) is 0 Å². The molecular weight excluding hydrogens is 230 g/mol. The van der Waals surface area contributed by atoms with Crippen LogP contribution in [-0.4, -0.2) is 12.6 Å². The number of hydrogen-bond donors (Lipinski definition) is 1. The van der Waals surface area contributed by atoms with Crippen LogP contribution >= 0.6 is 0 Å². The van der Waals surface area contributed by atoms with Crippen molar-refractivity contribution in [3.05, 3.63) is 0 Å². The van der Waals surface area contributed by atoms with E-state index in [1.54, 1.807) is 19.3 Å². The van der Waals surface area contributed by atoms with E-state index < -0.39 is 0 Å². The van der Waals surface area contributed by atoms with Crippen LogP contribution in [0.25, 0.3) is 0 Å². The molecule has 0 amide bonds. The smallest absolute Gasteiger partial charge is 0.0104 e. The minimum absolute atomic E-state index is 0.890.